The normalized spacial score (nSPS) is 46.6. The van der Waals surface area contributed by atoms with Crippen LogP contribution in [0.15, 0.2) is 18.7 Å². The number of imidazole rings is 1. The molecule has 0 bridgehead atoms. The zero-order valence-corrected chi connectivity index (χ0v) is 17.6. The highest BCUT2D eigenvalue weighted by atomic mass is 19.1. The minimum atomic E-state index is -1.06. The summed E-state index contributed by atoms with van der Waals surface area (Å²) in [6.07, 6.45) is 14.6. The van der Waals surface area contributed by atoms with Crippen molar-refractivity contribution in [2.45, 2.75) is 76.9 Å². The fourth-order valence-corrected chi connectivity index (χ4v) is 8.28. The molecule has 0 spiro atoms. The summed E-state index contributed by atoms with van der Waals surface area (Å²) in [5, 5.41) is 10.5. The number of hydrogen-bond acceptors (Lipinski definition) is 3. The standard InChI is InChI=1S/C24H35FN2O2/c1-23-8-6-18-17-7-9-24(29,14-25)12-16(17)2-3-19(18)20(23)4-5-21(23)22(28)13-27-11-10-26-15-27/h10-11,15-21,29H,2-9,12-14H2,1H3/t16-,17-,18?,19?,20?,21+,23-,24+/m0/s1. The molecule has 0 saturated heterocycles. The van der Waals surface area contributed by atoms with Gasteiger partial charge in [0.1, 0.15) is 6.67 Å². The van der Waals surface area contributed by atoms with E-state index in [9.17, 15) is 14.3 Å². The van der Waals surface area contributed by atoms with E-state index in [-0.39, 0.29) is 11.3 Å². The molecule has 0 radical (unpaired) electrons. The summed E-state index contributed by atoms with van der Waals surface area (Å²) in [7, 11) is 0. The number of aromatic nitrogens is 2. The van der Waals surface area contributed by atoms with Gasteiger partial charge in [-0.15, -0.1) is 0 Å². The molecule has 0 aliphatic heterocycles. The van der Waals surface area contributed by atoms with Crippen LogP contribution in [0, 0.1) is 40.9 Å². The average Bonchev–Trinajstić information content (AvgIpc) is 3.34. The molecule has 5 rings (SSSR count). The van der Waals surface area contributed by atoms with Crippen LogP contribution < -0.4 is 0 Å². The summed E-state index contributed by atoms with van der Waals surface area (Å²) in [4.78, 5) is 17.2. The number of aliphatic hydroxyl groups is 1. The van der Waals surface area contributed by atoms with Crippen LogP contribution in [0.4, 0.5) is 4.39 Å². The fraction of sp³-hybridized carbons (Fsp3) is 0.833. The summed E-state index contributed by atoms with van der Waals surface area (Å²) in [6.45, 7) is 2.26. The summed E-state index contributed by atoms with van der Waals surface area (Å²) < 4.78 is 15.3. The van der Waals surface area contributed by atoms with Gasteiger partial charge in [-0.2, -0.15) is 0 Å². The summed E-state index contributed by atoms with van der Waals surface area (Å²) in [5.41, 5.74) is -0.921. The van der Waals surface area contributed by atoms with Crippen LogP contribution in [0.3, 0.4) is 0 Å². The highest BCUT2D eigenvalue weighted by Gasteiger charge is 2.58. The predicted molar refractivity (Wildman–Crippen MR) is 109 cm³/mol. The molecule has 4 aliphatic carbocycles. The second-order valence-corrected chi connectivity index (χ2v) is 10.9. The van der Waals surface area contributed by atoms with Gasteiger partial charge in [-0.1, -0.05) is 6.92 Å². The third-order valence-corrected chi connectivity index (χ3v) is 9.64. The monoisotopic (exact) mass is 402 g/mol. The number of carbonyl (C=O) groups is 1. The van der Waals surface area contributed by atoms with E-state index >= 15 is 0 Å². The molecular weight excluding hydrogens is 367 g/mol. The van der Waals surface area contributed by atoms with E-state index in [0.29, 0.717) is 42.9 Å². The average molecular weight is 403 g/mol. The first-order chi connectivity index (χ1) is 13.9. The first-order valence-corrected chi connectivity index (χ1v) is 11.7. The van der Waals surface area contributed by atoms with Crippen LogP contribution >= 0.6 is 0 Å². The van der Waals surface area contributed by atoms with Crippen molar-refractivity contribution >= 4 is 5.78 Å². The van der Waals surface area contributed by atoms with E-state index in [2.05, 4.69) is 11.9 Å². The quantitative estimate of drug-likeness (QED) is 0.811. The SMILES string of the molecule is C[C@]12CCC3C(CC[C@H]4C[C@@](O)(CF)CC[C@H]34)C1CC[C@@H]2C(=O)Cn1ccnc1. The Hall–Kier alpha value is -1.23. The van der Waals surface area contributed by atoms with Crippen LogP contribution in [0.5, 0.6) is 0 Å². The Morgan fingerprint density at radius 2 is 1.97 bits per heavy atom. The summed E-state index contributed by atoms with van der Waals surface area (Å²) >= 11 is 0. The molecule has 1 aromatic heterocycles. The van der Waals surface area contributed by atoms with Gasteiger partial charge in [0.25, 0.3) is 0 Å². The molecule has 3 unspecified atom stereocenters. The highest BCUT2D eigenvalue weighted by molar-refractivity contribution is 5.82. The maximum absolute atomic E-state index is 13.3. The van der Waals surface area contributed by atoms with Crippen molar-refractivity contribution in [3.8, 4) is 0 Å². The van der Waals surface area contributed by atoms with Crippen molar-refractivity contribution in [2.24, 2.45) is 40.9 Å². The van der Waals surface area contributed by atoms with Gasteiger partial charge in [-0.3, -0.25) is 4.79 Å². The van der Waals surface area contributed by atoms with Gasteiger partial charge < -0.3 is 9.67 Å². The van der Waals surface area contributed by atoms with Gasteiger partial charge >= 0.3 is 0 Å². The van der Waals surface area contributed by atoms with E-state index in [1.165, 1.54) is 19.3 Å². The Morgan fingerprint density at radius 3 is 2.72 bits per heavy atom. The topological polar surface area (TPSA) is 55.1 Å². The van der Waals surface area contributed by atoms with Crippen molar-refractivity contribution in [3.05, 3.63) is 18.7 Å². The van der Waals surface area contributed by atoms with Crippen LogP contribution in [-0.4, -0.2) is 32.7 Å². The zero-order chi connectivity index (χ0) is 20.2. The van der Waals surface area contributed by atoms with Crippen molar-refractivity contribution < 1.29 is 14.3 Å². The molecule has 1 heterocycles. The zero-order valence-electron chi connectivity index (χ0n) is 17.6. The lowest BCUT2D eigenvalue weighted by Gasteiger charge is -2.57. The molecule has 4 fully saturated rings. The Morgan fingerprint density at radius 1 is 1.14 bits per heavy atom. The predicted octanol–water partition coefficient (Wildman–Crippen LogP) is 4.42. The molecule has 4 nitrogen and oxygen atoms in total. The smallest absolute Gasteiger partial charge is 0.156 e. The third kappa shape index (κ3) is 3.19. The van der Waals surface area contributed by atoms with Gasteiger partial charge in [0.05, 0.1) is 18.5 Å². The minimum Gasteiger partial charge on any atom is -0.387 e. The first-order valence-electron chi connectivity index (χ1n) is 11.7. The van der Waals surface area contributed by atoms with Crippen LogP contribution in [0.25, 0.3) is 0 Å². The molecule has 0 amide bonds. The third-order valence-electron chi connectivity index (χ3n) is 9.64. The van der Waals surface area contributed by atoms with Gasteiger partial charge in [0.2, 0.25) is 0 Å². The van der Waals surface area contributed by atoms with Crippen molar-refractivity contribution in [2.75, 3.05) is 6.67 Å². The first kappa shape index (κ1) is 19.7. The largest absolute Gasteiger partial charge is 0.387 e. The number of ketones is 1. The summed E-state index contributed by atoms with van der Waals surface area (Å²) in [5.74, 6) is 3.81. The van der Waals surface area contributed by atoms with Crippen LogP contribution in [-0.2, 0) is 11.3 Å². The molecule has 4 aliphatic rings. The Bertz CT molecular complexity index is 752. The van der Waals surface area contributed by atoms with Crippen molar-refractivity contribution in [1.82, 2.24) is 9.55 Å². The van der Waals surface area contributed by atoms with Gasteiger partial charge in [-0.05, 0) is 92.8 Å². The highest BCUT2D eigenvalue weighted by Crippen LogP contribution is 2.64. The second kappa shape index (κ2) is 7.18. The molecule has 160 valence electrons. The molecule has 1 N–H and O–H groups in total. The van der Waals surface area contributed by atoms with Gasteiger partial charge in [0.15, 0.2) is 5.78 Å². The summed E-state index contributed by atoms with van der Waals surface area (Å²) in [6, 6.07) is 0. The number of alkyl halides is 1. The molecular formula is C24H35FN2O2. The number of fused-ring (bicyclic) bond motifs is 5. The van der Waals surface area contributed by atoms with Crippen molar-refractivity contribution in [1.29, 1.82) is 0 Å². The lowest BCUT2D eigenvalue weighted by atomic mass is 9.49. The number of nitrogens with zero attached hydrogens (tertiary/aromatic N) is 2. The van der Waals surface area contributed by atoms with Crippen LogP contribution in [0.2, 0.25) is 0 Å². The number of rotatable bonds is 4. The maximum atomic E-state index is 13.3. The second-order valence-electron chi connectivity index (χ2n) is 10.9. The fourth-order valence-electron chi connectivity index (χ4n) is 8.28. The Kier molecular flexibility index (Phi) is 4.88. The van der Waals surface area contributed by atoms with E-state index in [1.807, 2.05) is 10.8 Å². The van der Waals surface area contributed by atoms with E-state index < -0.39 is 12.3 Å². The molecule has 29 heavy (non-hydrogen) atoms. The number of Topliss-reactive ketones (excluding diaryl/α,β-unsaturated/α-hetero) is 1. The minimum absolute atomic E-state index is 0.139. The maximum Gasteiger partial charge on any atom is 0.156 e. The Balaban J connectivity index is 1.31. The van der Waals surface area contributed by atoms with Crippen LogP contribution in [0.1, 0.15) is 64.7 Å². The molecule has 0 aromatic carbocycles. The molecule has 8 atom stereocenters. The van der Waals surface area contributed by atoms with E-state index in [4.69, 9.17) is 0 Å². The Labute approximate surface area is 173 Å². The van der Waals surface area contributed by atoms with E-state index in [1.54, 1.807) is 12.5 Å². The number of carbonyl (C=O) groups excluding carboxylic acids is 1. The lowest BCUT2D eigenvalue weighted by Crippen LogP contribution is -2.52. The number of hydrogen-bond donors (Lipinski definition) is 1. The molecule has 1 aromatic rings. The molecule has 5 heteroatoms. The van der Waals surface area contributed by atoms with E-state index in [0.717, 1.165) is 37.5 Å². The number of halogens is 1. The van der Waals surface area contributed by atoms with Gasteiger partial charge in [0, 0.05) is 18.3 Å². The molecule has 4 saturated carbocycles. The van der Waals surface area contributed by atoms with Crippen molar-refractivity contribution in [3.63, 3.8) is 0 Å². The lowest BCUT2D eigenvalue weighted by molar-refractivity contribution is -0.134. The van der Waals surface area contributed by atoms with Gasteiger partial charge in [-0.25, -0.2) is 9.37 Å².